The summed E-state index contributed by atoms with van der Waals surface area (Å²) in [7, 11) is -1.46. The Balaban J connectivity index is 1.68. The van der Waals surface area contributed by atoms with Crippen LogP contribution in [0.5, 0.6) is 0 Å². The van der Waals surface area contributed by atoms with Crippen LogP contribution < -0.4 is 59.7 Å². The number of nitrogens with one attached hydrogen (secondary N) is 9. The van der Waals surface area contributed by atoms with E-state index >= 15 is 0 Å². The number of aromatic amines is 1. The largest absolute Gasteiger partial charge is 0.370 e. The predicted molar refractivity (Wildman–Crippen MR) is 257 cm³/mol. The van der Waals surface area contributed by atoms with Crippen molar-refractivity contribution in [3.8, 4) is 0 Å². The van der Waals surface area contributed by atoms with Gasteiger partial charge in [0.2, 0.25) is 53.2 Å². The van der Waals surface area contributed by atoms with E-state index in [1.165, 1.54) is 13.2 Å². The SMILES string of the molecule is CC(=O)N[C@@H](CCCN=C(N)N)C(=O)NC1CCC(=O)NCCCC(C(N)=O)NC(=O)[C@H](Cc2c[nH]c3ccccc23)NC(=O)CNC(=O)C(Cc2ccccc2)NC(=O)[C@H](CCS(C)=O)NC1=O. The van der Waals surface area contributed by atoms with Crippen LogP contribution in [0.15, 0.2) is 65.8 Å². The molecule has 0 aliphatic carbocycles. The van der Waals surface area contributed by atoms with E-state index < -0.39 is 107 Å². The average Bonchev–Trinajstić information content (AvgIpc) is 3.71. The Hall–Kier alpha value is -7.37. The van der Waals surface area contributed by atoms with Crippen molar-refractivity contribution < 1.29 is 47.4 Å². The number of benzene rings is 2. The third-order valence-electron chi connectivity index (χ3n) is 11.0. The van der Waals surface area contributed by atoms with Crippen LogP contribution in [-0.2, 0) is 66.8 Å². The fourth-order valence-corrected chi connectivity index (χ4v) is 8.00. The summed E-state index contributed by atoms with van der Waals surface area (Å²) >= 11 is 0. The molecule has 1 aliphatic rings. The highest BCUT2D eigenvalue weighted by atomic mass is 32.2. The van der Waals surface area contributed by atoms with Gasteiger partial charge in [-0.3, -0.25) is 52.4 Å². The molecule has 15 N–H and O–H groups in total. The second-order valence-corrected chi connectivity index (χ2v) is 18.1. The number of amides is 9. The monoisotopic (exact) mass is 977 g/mol. The molecule has 4 unspecified atom stereocenters. The molecule has 1 aliphatic heterocycles. The molecule has 1 saturated heterocycles. The van der Waals surface area contributed by atoms with Crippen LogP contribution in [0.2, 0.25) is 0 Å². The lowest BCUT2D eigenvalue weighted by atomic mass is 10.0. The highest BCUT2D eigenvalue weighted by molar-refractivity contribution is 7.84. The van der Waals surface area contributed by atoms with Crippen molar-refractivity contribution in [3.05, 3.63) is 71.9 Å². The van der Waals surface area contributed by atoms with Gasteiger partial charge < -0.3 is 64.7 Å². The quantitative estimate of drug-likeness (QED) is 0.0412. The number of guanidine groups is 1. The Labute approximate surface area is 401 Å². The van der Waals surface area contributed by atoms with Crippen molar-refractivity contribution in [1.82, 2.24) is 47.5 Å². The zero-order chi connectivity index (χ0) is 50.5. The number of carbonyl (C=O) groups is 9. The maximum atomic E-state index is 14.2. The number of H-pyrrole nitrogens is 1. The second-order valence-electron chi connectivity index (χ2n) is 16.5. The van der Waals surface area contributed by atoms with E-state index in [4.69, 9.17) is 17.2 Å². The van der Waals surface area contributed by atoms with Gasteiger partial charge in [-0.2, -0.15) is 0 Å². The molecule has 4 rings (SSSR count). The van der Waals surface area contributed by atoms with Crippen molar-refractivity contribution in [2.45, 2.75) is 101 Å². The van der Waals surface area contributed by atoms with Crippen LogP contribution in [0, 0.1) is 0 Å². The molecular formula is C45H63N13O10S. The number of hydrogen-bond donors (Lipinski definition) is 12. The molecular weight excluding hydrogens is 915 g/mol. The number of rotatable bonds is 15. The van der Waals surface area contributed by atoms with Crippen LogP contribution in [0.25, 0.3) is 10.9 Å². The summed E-state index contributed by atoms with van der Waals surface area (Å²) in [5.74, 6) is -7.17. The van der Waals surface area contributed by atoms with E-state index in [9.17, 15) is 47.4 Å². The van der Waals surface area contributed by atoms with Gasteiger partial charge in [0.15, 0.2) is 5.96 Å². The average molecular weight is 978 g/mol. The molecule has 1 aromatic heterocycles. The minimum atomic E-state index is -1.48. The van der Waals surface area contributed by atoms with Crippen LogP contribution >= 0.6 is 0 Å². The standard InChI is InChI=1S/C45H63N13O10S/c1-26(59)53-32(15-9-20-50-45(47)48)41(64)56-33-16-17-37(60)49-19-8-14-31(39(46)62)55-44(67)36(23-28-24-51-30-13-7-6-12-29(28)30)54-38(61)25-52-40(63)35(22-27-10-4-3-5-11-27)58-43(66)34(57-42(33)65)18-21-69(2)68/h3-7,10-13,24,31-36,51H,8-9,14-23,25H2,1-2H3,(H2,46,62)(H,49,60)(H,52,63)(H,53,59)(H,54,61)(H,55,67)(H,56,64)(H,57,65)(H,58,66)(H4,47,48,50)/t31?,32-,33?,34-,35?,36-,69?/m0/s1. The highest BCUT2D eigenvalue weighted by Crippen LogP contribution is 2.19. The maximum Gasteiger partial charge on any atom is 0.243 e. The van der Waals surface area contributed by atoms with Crippen LogP contribution in [-0.4, -0.2) is 136 Å². The molecule has 1 fully saturated rings. The van der Waals surface area contributed by atoms with Gasteiger partial charge in [-0.15, -0.1) is 0 Å². The minimum Gasteiger partial charge on any atom is -0.370 e. The summed E-state index contributed by atoms with van der Waals surface area (Å²) < 4.78 is 12.3. The molecule has 69 heavy (non-hydrogen) atoms. The molecule has 3 aromatic rings. The summed E-state index contributed by atoms with van der Waals surface area (Å²) in [6.07, 6.45) is 2.56. The summed E-state index contributed by atoms with van der Waals surface area (Å²) in [6, 6.07) is 8.00. The first-order valence-electron chi connectivity index (χ1n) is 22.5. The molecule has 23 nitrogen and oxygen atoms in total. The lowest BCUT2D eigenvalue weighted by Crippen LogP contribution is -2.59. The van der Waals surface area contributed by atoms with Crippen molar-refractivity contribution in [1.29, 1.82) is 0 Å². The van der Waals surface area contributed by atoms with Gasteiger partial charge >= 0.3 is 0 Å². The first-order chi connectivity index (χ1) is 32.9. The van der Waals surface area contributed by atoms with E-state index in [1.54, 1.807) is 36.5 Å². The van der Waals surface area contributed by atoms with Crippen molar-refractivity contribution in [2.75, 3.05) is 31.6 Å². The summed E-state index contributed by atoms with van der Waals surface area (Å²) in [5, 5.41) is 21.6. The fraction of sp³-hybridized carbons (Fsp3) is 0.467. The van der Waals surface area contributed by atoms with Gasteiger partial charge in [-0.25, -0.2) is 0 Å². The third kappa shape index (κ3) is 18.7. The first-order valence-corrected chi connectivity index (χ1v) is 24.2. The molecule has 2 heterocycles. The Morgan fingerprint density at radius 3 is 2.17 bits per heavy atom. The molecule has 374 valence electrons. The van der Waals surface area contributed by atoms with Gasteiger partial charge in [0.25, 0.3) is 0 Å². The number of primary amides is 1. The van der Waals surface area contributed by atoms with Crippen LogP contribution in [0.4, 0.5) is 0 Å². The van der Waals surface area contributed by atoms with E-state index in [1.807, 2.05) is 24.3 Å². The fourth-order valence-electron chi connectivity index (χ4n) is 7.44. The Kier molecular flexibility index (Phi) is 21.6. The van der Waals surface area contributed by atoms with Crippen molar-refractivity contribution in [3.63, 3.8) is 0 Å². The normalized spacial score (nSPS) is 21.4. The number of para-hydroxylation sites is 1. The molecule has 7 atom stereocenters. The summed E-state index contributed by atoms with van der Waals surface area (Å²) in [4.78, 5) is 128. The number of nitrogens with two attached hydrogens (primary N) is 3. The maximum absolute atomic E-state index is 14.2. The highest BCUT2D eigenvalue weighted by Gasteiger charge is 2.33. The van der Waals surface area contributed by atoms with Crippen LogP contribution in [0.3, 0.4) is 0 Å². The number of aliphatic imine (C=N–C) groups is 1. The van der Waals surface area contributed by atoms with E-state index in [-0.39, 0.29) is 82.6 Å². The molecule has 0 saturated carbocycles. The van der Waals surface area contributed by atoms with E-state index in [0.29, 0.717) is 11.1 Å². The molecule has 24 heteroatoms. The molecule has 9 amide bonds. The predicted octanol–water partition coefficient (Wildman–Crippen LogP) is -3.00. The Bertz CT molecular complexity index is 2360. The van der Waals surface area contributed by atoms with E-state index in [0.717, 1.165) is 10.9 Å². The molecule has 2 aromatic carbocycles. The zero-order valence-corrected chi connectivity index (χ0v) is 39.4. The second kappa shape index (κ2) is 27.4. The topological polar surface area (TPSA) is 373 Å². The van der Waals surface area contributed by atoms with Gasteiger partial charge in [-0.05, 0) is 55.7 Å². The molecule has 0 spiro atoms. The minimum absolute atomic E-state index is 0.00212. The first kappa shape index (κ1) is 54.2. The van der Waals surface area contributed by atoms with Crippen LogP contribution in [0.1, 0.15) is 63.0 Å². The summed E-state index contributed by atoms with van der Waals surface area (Å²) in [6.45, 7) is 0.668. The van der Waals surface area contributed by atoms with Crippen molar-refractivity contribution >= 4 is 80.8 Å². The van der Waals surface area contributed by atoms with Gasteiger partial charge in [0.05, 0.1) is 6.54 Å². The van der Waals surface area contributed by atoms with E-state index in [2.05, 4.69) is 52.5 Å². The van der Waals surface area contributed by atoms with Gasteiger partial charge in [0, 0.05) is 79.2 Å². The van der Waals surface area contributed by atoms with Crippen molar-refractivity contribution in [2.24, 2.45) is 22.2 Å². The number of carbonyl (C=O) groups excluding carboxylic acids is 9. The smallest absolute Gasteiger partial charge is 0.243 e. The third-order valence-corrected chi connectivity index (χ3v) is 11.8. The number of aromatic nitrogens is 1. The van der Waals surface area contributed by atoms with Gasteiger partial charge in [0.1, 0.15) is 36.3 Å². The lowest BCUT2D eigenvalue weighted by molar-refractivity contribution is -0.135. The Morgan fingerprint density at radius 1 is 0.797 bits per heavy atom. The Morgan fingerprint density at radius 2 is 1.48 bits per heavy atom. The molecule has 0 radical (unpaired) electrons. The zero-order valence-electron chi connectivity index (χ0n) is 38.6. The summed E-state index contributed by atoms with van der Waals surface area (Å²) in [5.41, 5.74) is 18.6. The number of nitrogens with zero attached hydrogens (tertiary/aromatic N) is 1. The number of hydrogen-bond acceptors (Lipinski definition) is 11. The van der Waals surface area contributed by atoms with Gasteiger partial charge in [-0.1, -0.05) is 48.5 Å². The lowest BCUT2D eigenvalue weighted by Gasteiger charge is -2.26. The molecule has 0 bridgehead atoms. The number of fused-ring (bicyclic) bond motifs is 1.